The van der Waals surface area contributed by atoms with Crippen molar-refractivity contribution in [2.45, 2.75) is 18.9 Å². The Balaban J connectivity index is 2.46. The van der Waals surface area contributed by atoms with Crippen molar-refractivity contribution < 1.29 is 19.4 Å². The molecule has 0 saturated carbocycles. The van der Waals surface area contributed by atoms with E-state index in [1.54, 1.807) is 6.08 Å². The Kier molecular flexibility index (Phi) is 3.50. The van der Waals surface area contributed by atoms with Crippen molar-refractivity contribution in [1.29, 1.82) is 0 Å². The van der Waals surface area contributed by atoms with E-state index in [0.717, 1.165) is 0 Å². The summed E-state index contributed by atoms with van der Waals surface area (Å²) in [6, 6.07) is -0.128. The van der Waals surface area contributed by atoms with E-state index in [2.05, 4.69) is 6.58 Å². The number of cyclic esters (lactones) is 1. The Hall–Kier alpha value is -1.52. The average Bonchev–Trinajstić information content (AvgIpc) is 2.46. The topological polar surface area (TPSA) is 66.8 Å². The molecule has 0 aromatic rings. The lowest BCUT2D eigenvalue weighted by atomic mass is 10.1. The van der Waals surface area contributed by atoms with Gasteiger partial charge in [0.1, 0.15) is 6.61 Å². The molecule has 1 N–H and O–H groups in total. The highest BCUT2D eigenvalue weighted by molar-refractivity contribution is 5.71. The maximum Gasteiger partial charge on any atom is 0.410 e. The maximum absolute atomic E-state index is 11.1. The van der Waals surface area contributed by atoms with E-state index >= 15 is 0 Å². The summed E-state index contributed by atoms with van der Waals surface area (Å²) >= 11 is 0. The van der Waals surface area contributed by atoms with Crippen molar-refractivity contribution in [1.82, 2.24) is 4.90 Å². The van der Waals surface area contributed by atoms with Crippen LogP contribution in [-0.2, 0) is 9.53 Å². The minimum atomic E-state index is -0.858. The van der Waals surface area contributed by atoms with Crippen molar-refractivity contribution in [2.75, 3.05) is 13.2 Å². The third kappa shape index (κ3) is 2.48. The van der Waals surface area contributed by atoms with Crippen molar-refractivity contribution in [3.05, 3.63) is 12.7 Å². The molecule has 1 fully saturated rings. The first-order valence-corrected chi connectivity index (χ1v) is 4.41. The molecular weight excluding hydrogens is 186 g/mol. The minimum absolute atomic E-state index is 0.0505. The van der Waals surface area contributed by atoms with Gasteiger partial charge in [0.25, 0.3) is 0 Å². The number of aliphatic carboxylic acids is 1. The summed E-state index contributed by atoms with van der Waals surface area (Å²) in [7, 11) is 0. The Morgan fingerprint density at radius 2 is 2.50 bits per heavy atom. The molecule has 1 rings (SSSR count). The highest BCUT2D eigenvalue weighted by Crippen LogP contribution is 2.16. The minimum Gasteiger partial charge on any atom is -0.481 e. The number of carbonyl (C=O) groups is 2. The van der Waals surface area contributed by atoms with Gasteiger partial charge in [0.15, 0.2) is 0 Å². The molecule has 0 radical (unpaired) electrons. The number of hydrogen-bond donors (Lipinski definition) is 1. The van der Waals surface area contributed by atoms with Gasteiger partial charge in [-0.15, -0.1) is 6.58 Å². The van der Waals surface area contributed by atoms with Gasteiger partial charge < -0.3 is 9.84 Å². The Bertz CT molecular complexity index is 251. The summed E-state index contributed by atoms with van der Waals surface area (Å²) < 4.78 is 4.81. The molecule has 5 heteroatoms. The third-order valence-corrected chi connectivity index (χ3v) is 2.09. The second-order valence-electron chi connectivity index (χ2n) is 3.10. The van der Waals surface area contributed by atoms with Crippen LogP contribution in [0.15, 0.2) is 12.7 Å². The third-order valence-electron chi connectivity index (χ3n) is 2.09. The Morgan fingerprint density at radius 3 is 3.07 bits per heavy atom. The summed E-state index contributed by atoms with van der Waals surface area (Å²) in [6.07, 6.45) is 1.68. The van der Waals surface area contributed by atoms with Crippen LogP contribution in [0.5, 0.6) is 0 Å². The van der Waals surface area contributed by atoms with E-state index in [-0.39, 0.29) is 25.2 Å². The zero-order chi connectivity index (χ0) is 10.6. The van der Waals surface area contributed by atoms with Crippen LogP contribution in [-0.4, -0.2) is 41.3 Å². The predicted molar refractivity (Wildman–Crippen MR) is 48.9 cm³/mol. The van der Waals surface area contributed by atoms with Crippen LogP contribution in [0.1, 0.15) is 12.8 Å². The molecule has 1 aliphatic rings. The summed E-state index contributed by atoms with van der Waals surface area (Å²) in [4.78, 5) is 23.0. The van der Waals surface area contributed by atoms with Crippen LogP contribution < -0.4 is 0 Å². The van der Waals surface area contributed by atoms with Crippen LogP contribution in [0, 0.1) is 0 Å². The molecular formula is C9H13NO4. The van der Waals surface area contributed by atoms with Crippen LogP contribution >= 0.6 is 0 Å². The molecule has 14 heavy (non-hydrogen) atoms. The molecule has 1 aliphatic heterocycles. The molecule has 1 heterocycles. The molecule has 1 amide bonds. The van der Waals surface area contributed by atoms with Gasteiger partial charge in [-0.2, -0.15) is 0 Å². The van der Waals surface area contributed by atoms with Gasteiger partial charge in [-0.25, -0.2) is 4.79 Å². The Labute approximate surface area is 82.0 Å². The van der Waals surface area contributed by atoms with Crippen LogP contribution in [0.3, 0.4) is 0 Å². The molecule has 78 valence electrons. The highest BCUT2D eigenvalue weighted by Gasteiger charge is 2.31. The van der Waals surface area contributed by atoms with Gasteiger partial charge in [0, 0.05) is 13.0 Å². The zero-order valence-corrected chi connectivity index (χ0v) is 7.81. The van der Waals surface area contributed by atoms with E-state index in [1.807, 2.05) is 0 Å². The molecule has 1 unspecified atom stereocenters. The standard InChI is InChI=1S/C9H13NO4/c1-2-5-10-7(3-4-8(11)12)6-14-9(10)13/h2,7H,1,3-6H2,(H,11,12). The number of amides is 1. The van der Waals surface area contributed by atoms with Gasteiger partial charge in [0.05, 0.1) is 6.04 Å². The summed E-state index contributed by atoms with van der Waals surface area (Å²) in [5.74, 6) is -0.858. The number of carboxylic acids is 1. The van der Waals surface area contributed by atoms with E-state index < -0.39 is 5.97 Å². The molecule has 5 nitrogen and oxygen atoms in total. The lowest BCUT2D eigenvalue weighted by molar-refractivity contribution is -0.137. The first-order chi connectivity index (χ1) is 6.65. The summed E-state index contributed by atoms with van der Waals surface area (Å²) in [6.45, 7) is 4.21. The molecule has 0 bridgehead atoms. The second kappa shape index (κ2) is 4.64. The van der Waals surface area contributed by atoms with Gasteiger partial charge >= 0.3 is 12.1 Å². The lowest BCUT2D eigenvalue weighted by Gasteiger charge is -2.18. The van der Waals surface area contributed by atoms with Gasteiger partial charge in [-0.1, -0.05) is 6.08 Å². The normalized spacial score (nSPS) is 20.7. The fourth-order valence-corrected chi connectivity index (χ4v) is 1.38. The number of carbonyl (C=O) groups excluding carboxylic acids is 1. The number of hydrogen-bond acceptors (Lipinski definition) is 3. The molecule has 1 atom stereocenters. The fraction of sp³-hybridized carbons (Fsp3) is 0.556. The SMILES string of the molecule is C=CCN1C(=O)OCC1CCC(=O)O. The molecule has 0 aromatic heterocycles. The van der Waals surface area contributed by atoms with Crippen LogP contribution in [0.25, 0.3) is 0 Å². The molecule has 0 spiro atoms. The van der Waals surface area contributed by atoms with E-state index in [1.165, 1.54) is 4.90 Å². The second-order valence-corrected chi connectivity index (χ2v) is 3.10. The lowest BCUT2D eigenvalue weighted by Crippen LogP contribution is -2.33. The number of carboxylic acid groups (broad SMARTS) is 1. The van der Waals surface area contributed by atoms with Crippen molar-refractivity contribution in [3.63, 3.8) is 0 Å². The smallest absolute Gasteiger partial charge is 0.410 e. The first-order valence-electron chi connectivity index (χ1n) is 4.41. The van der Waals surface area contributed by atoms with Gasteiger partial charge in [0.2, 0.25) is 0 Å². The van der Waals surface area contributed by atoms with Crippen molar-refractivity contribution in [3.8, 4) is 0 Å². The number of nitrogens with zero attached hydrogens (tertiary/aromatic N) is 1. The highest BCUT2D eigenvalue weighted by atomic mass is 16.6. The van der Waals surface area contributed by atoms with Crippen molar-refractivity contribution in [2.24, 2.45) is 0 Å². The summed E-state index contributed by atoms with van der Waals surface area (Å²) in [5.41, 5.74) is 0. The summed E-state index contributed by atoms with van der Waals surface area (Å²) in [5, 5.41) is 8.49. The van der Waals surface area contributed by atoms with E-state index in [0.29, 0.717) is 13.0 Å². The molecule has 1 saturated heterocycles. The fourth-order valence-electron chi connectivity index (χ4n) is 1.38. The average molecular weight is 199 g/mol. The van der Waals surface area contributed by atoms with Gasteiger partial charge in [-0.05, 0) is 6.42 Å². The quantitative estimate of drug-likeness (QED) is 0.667. The maximum atomic E-state index is 11.1. The van der Waals surface area contributed by atoms with Gasteiger partial charge in [-0.3, -0.25) is 9.69 Å². The van der Waals surface area contributed by atoms with Crippen LogP contribution in [0.4, 0.5) is 4.79 Å². The van der Waals surface area contributed by atoms with Crippen molar-refractivity contribution >= 4 is 12.1 Å². The Morgan fingerprint density at radius 1 is 1.79 bits per heavy atom. The molecule has 0 aliphatic carbocycles. The monoisotopic (exact) mass is 199 g/mol. The zero-order valence-electron chi connectivity index (χ0n) is 7.81. The number of rotatable bonds is 5. The first kappa shape index (κ1) is 10.6. The largest absolute Gasteiger partial charge is 0.481 e. The molecule has 0 aromatic carbocycles. The van der Waals surface area contributed by atoms with E-state index in [9.17, 15) is 9.59 Å². The number of ether oxygens (including phenoxy) is 1. The van der Waals surface area contributed by atoms with E-state index in [4.69, 9.17) is 9.84 Å². The predicted octanol–water partition coefficient (Wildman–Crippen LogP) is 0.858. The van der Waals surface area contributed by atoms with Crippen LogP contribution in [0.2, 0.25) is 0 Å².